The Morgan fingerprint density at radius 1 is 1.29 bits per heavy atom. The number of carbonyl (C=O) groups excluding carboxylic acids is 1. The van der Waals surface area contributed by atoms with Crippen LogP contribution in [0.25, 0.3) is 0 Å². The molecular formula is C13H12O4. The summed E-state index contributed by atoms with van der Waals surface area (Å²) in [5.41, 5.74) is 1.43. The van der Waals surface area contributed by atoms with Crippen molar-refractivity contribution >= 4 is 5.97 Å². The largest absolute Gasteiger partial charge is 0.454 e. The van der Waals surface area contributed by atoms with Crippen LogP contribution in [-0.2, 0) is 9.53 Å². The van der Waals surface area contributed by atoms with E-state index in [1.54, 1.807) is 0 Å². The molecule has 1 aromatic rings. The lowest BCUT2D eigenvalue weighted by molar-refractivity contribution is -0.139. The van der Waals surface area contributed by atoms with Gasteiger partial charge in [0.25, 0.3) is 0 Å². The maximum atomic E-state index is 11.4. The minimum absolute atomic E-state index is 0.0112. The molecule has 1 fully saturated rings. The second-order valence-corrected chi connectivity index (χ2v) is 4.25. The van der Waals surface area contributed by atoms with Gasteiger partial charge in [-0.15, -0.1) is 0 Å². The van der Waals surface area contributed by atoms with Crippen molar-refractivity contribution in [3.8, 4) is 11.5 Å². The number of ether oxygens (including phenoxy) is 3. The molecule has 0 amide bonds. The summed E-state index contributed by atoms with van der Waals surface area (Å²) in [6.45, 7) is 5.91. The zero-order valence-corrected chi connectivity index (χ0v) is 9.43. The normalized spacial score (nSPS) is 26.2. The number of benzene rings is 1. The van der Waals surface area contributed by atoms with Gasteiger partial charge in [-0.1, -0.05) is 19.6 Å². The predicted molar refractivity (Wildman–Crippen MR) is 59.7 cm³/mol. The van der Waals surface area contributed by atoms with Crippen molar-refractivity contribution in [2.75, 3.05) is 6.79 Å². The van der Waals surface area contributed by atoms with E-state index < -0.39 is 0 Å². The maximum absolute atomic E-state index is 11.4. The molecule has 0 saturated carbocycles. The van der Waals surface area contributed by atoms with Gasteiger partial charge in [0.05, 0.1) is 0 Å². The van der Waals surface area contributed by atoms with E-state index in [4.69, 9.17) is 14.2 Å². The fraction of sp³-hybridized carbons (Fsp3) is 0.308. The van der Waals surface area contributed by atoms with Gasteiger partial charge in [0, 0.05) is 11.5 Å². The summed E-state index contributed by atoms with van der Waals surface area (Å²) in [5, 5.41) is 0. The minimum atomic E-state index is -0.319. The molecule has 0 unspecified atom stereocenters. The summed E-state index contributed by atoms with van der Waals surface area (Å²) in [7, 11) is 0. The third-order valence-corrected chi connectivity index (χ3v) is 3.23. The van der Waals surface area contributed by atoms with Crippen LogP contribution in [0.5, 0.6) is 11.5 Å². The van der Waals surface area contributed by atoms with E-state index in [1.165, 1.54) is 0 Å². The van der Waals surface area contributed by atoms with Crippen LogP contribution in [0, 0.1) is 5.92 Å². The average molecular weight is 232 g/mol. The molecule has 17 heavy (non-hydrogen) atoms. The molecule has 88 valence electrons. The lowest BCUT2D eigenvalue weighted by Crippen LogP contribution is -2.04. The molecule has 2 heterocycles. The molecule has 1 saturated heterocycles. The van der Waals surface area contributed by atoms with Crippen molar-refractivity contribution in [2.24, 2.45) is 5.92 Å². The molecule has 2 atom stereocenters. The van der Waals surface area contributed by atoms with Crippen molar-refractivity contribution in [1.82, 2.24) is 0 Å². The Kier molecular flexibility index (Phi) is 2.11. The van der Waals surface area contributed by atoms with Crippen molar-refractivity contribution in [2.45, 2.75) is 13.0 Å². The molecule has 0 bridgehead atoms. The van der Waals surface area contributed by atoms with Crippen molar-refractivity contribution in [1.29, 1.82) is 0 Å². The van der Waals surface area contributed by atoms with Crippen LogP contribution in [-0.4, -0.2) is 12.8 Å². The maximum Gasteiger partial charge on any atom is 0.334 e. The Hall–Kier alpha value is -1.97. The molecule has 1 aromatic carbocycles. The van der Waals surface area contributed by atoms with Crippen LogP contribution >= 0.6 is 0 Å². The fourth-order valence-electron chi connectivity index (χ4n) is 2.11. The topological polar surface area (TPSA) is 44.8 Å². The first-order valence-electron chi connectivity index (χ1n) is 5.46. The lowest BCUT2D eigenvalue weighted by atomic mass is 9.94. The summed E-state index contributed by atoms with van der Waals surface area (Å²) in [6.07, 6.45) is -0.274. The monoisotopic (exact) mass is 232 g/mol. The number of hydrogen-bond donors (Lipinski definition) is 0. The lowest BCUT2D eigenvalue weighted by Gasteiger charge is -2.14. The summed E-state index contributed by atoms with van der Waals surface area (Å²) in [4.78, 5) is 11.4. The molecule has 4 heteroatoms. The Labute approximate surface area is 98.8 Å². The molecule has 3 rings (SSSR count). The number of rotatable bonds is 1. The van der Waals surface area contributed by atoms with Gasteiger partial charge in [-0.25, -0.2) is 4.79 Å². The van der Waals surface area contributed by atoms with Gasteiger partial charge in [0.15, 0.2) is 11.5 Å². The molecule has 2 aliphatic heterocycles. The van der Waals surface area contributed by atoms with Gasteiger partial charge in [-0.3, -0.25) is 0 Å². The minimum Gasteiger partial charge on any atom is -0.454 e. The summed E-state index contributed by atoms with van der Waals surface area (Å²) < 4.78 is 15.8. The first kappa shape index (κ1) is 10.2. The number of carbonyl (C=O) groups is 1. The highest BCUT2D eigenvalue weighted by Gasteiger charge is 2.36. The Bertz CT molecular complexity index is 506. The highest BCUT2D eigenvalue weighted by Crippen LogP contribution is 2.41. The van der Waals surface area contributed by atoms with E-state index in [-0.39, 0.29) is 24.8 Å². The van der Waals surface area contributed by atoms with Gasteiger partial charge in [-0.05, 0) is 17.7 Å². The van der Waals surface area contributed by atoms with Crippen LogP contribution in [0.2, 0.25) is 0 Å². The molecule has 2 aliphatic rings. The quantitative estimate of drug-likeness (QED) is 0.550. The third kappa shape index (κ3) is 1.48. The molecule has 0 aliphatic carbocycles. The van der Waals surface area contributed by atoms with Crippen molar-refractivity contribution in [3.05, 3.63) is 35.9 Å². The van der Waals surface area contributed by atoms with E-state index >= 15 is 0 Å². The number of esters is 1. The average Bonchev–Trinajstić information content (AvgIpc) is 2.89. The van der Waals surface area contributed by atoms with E-state index in [0.717, 1.165) is 11.3 Å². The molecule has 4 nitrogen and oxygen atoms in total. The molecule has 0 N–H and O–H groups in total. The van der Waals surface area contributed by atoms with Crippen LogP contribution in [0.4, 0.5) is 0 Å². The zero-order chi connectivity index (χ0) is 12.0. The van der Waals surface area contributed by atoms with Crippen molar-refractivity contribution in [3.63, 3.8) is 0 Å². The zero-order valence-electron chi connectivity index (χ0n) is 9.43. The first-order chi connectivity index (χ1) is 8.16. The van der Waals surface area contributed by atoms with Gasteiger partial charge in [-0.2, -0.15) is 0 Å². The smallest absolute Gasteiger partial charge is 0.334 e. The van der Waals surface area contributed by atoms with E-state index in [9.17, 15) is 4.79 Å². The van der Waals surface area contributed by atoms with Crippen LogP contribution < -0.4 is 9.47 Å². The Morgan fingerprint density at radius 2 is 2.06 bits per heavy atom. The second kappa shape index (κ2) is 3.52. The third-order valence-electron chi connectivity index (χ3n) is 3.23. The molecule has 0 radical (unpaired) electrons. The summed E-state index contributed by atoms with van der Waals surface area (Å²) in [6, 6.07) is 5.58. The van der Waals surface area contributed by atoms with Crippen LogP contribution in [0.15, 0.2) is 30.4 Å². The second-order valence-electron chi connectivity index (χ2n) is 4.25. The van der Waals surface area contributed by atoms with Crippen LogP contribution in [0.1, 0.15) is 18.6 Å². The predicted octanol–water partition coefficient (Wildman–Crippen LogP) is 2.21. The van der Waals surface area contributed by atoms with Crippen molar-refractivity contribution < 1.29 is 19.0 Å². The van der Waals surface area contributed by atoms with E-state index in [1.807, 2.05) is 25.1 Å². The highest BCUT2D eigenvalue weighted by atomic mass is 16.7. The van der Waals surface area contributed by atoms with E-state index in [2.05, 4.69) is 6.58 Å². The SMILES string of the molecule is C=C1C(=O)O[C@@H](c2ccc3c(c2)OCO3)[C@@H]1C. The number of cyclic esters (lactones) is 1. The number of fused-ring (bicyclic) bond motifs is 1. The van der Waals surface area contributed by atoms with Gasteiger partial charge in [0.1, 0.15) is 6.10 Å². The molecular weight excluding hydrogens is 220 g/mol. The van der Waals surface area contributed by atoms with Gasteiger partial charge in [0.2, 0.25) is 6.79 Å². The Morgan fingerprint density at radius 3 is 2.76 bits per heavy atom. The van der Waals surface area contributed by atoms with Gasteiger partial charge < -0.3 is 14.2 Å². The van der Waals surface area contributed by atoms with Gasteiger partial charge >= 0.3 is 5.97 Å². The van der Waals surface area contributed by atoms with Crippen LogP contribution in [0.3, 0.4) is 0 Å². The fourth-order valence-corrected chi connectivity index (χ4v) is 2.11. The van der Waals surface area contributed by atoms with E-state index in [0.29, 0.717) is 11.3 Å². The highest BCUT2D eigenvalue weighted by molar-refractivity contribution is 5.90. The molecule has 0 spiro atoms. The Balaban J connectivity index is 1.95. The number of hydrogen-bond acceptors (Lipinski definition) is 4. The summed E-state index contributed by atoms with van der Waals surface area (Å²) in [5.74, 6) is 1.09. The summed E-state index contributed by atoms with van der Waals surface area (Å²) >= 11 is 0. The standard InChI is InChI=1S/C13H12O4/c1-7-8(2)13(14)17-12(7)9-3-4-10-11(5-9)16-6-15-10/h3-5,7,12H,2,6H2,1H3/t7-,12-/m1/s1. The first-order valence-corrected chi connectivity index (χ1v) is 5.46. The molecule has 0 aromatic heterocycles.